The lowest BCUT2D eigenvalue weighted by Crippen LogP contribution is -2.25. The van der Waals surface area contributed by atoms with Gasteiger partial charge in [0.2, 0.25) is 0 Å². The molecule has 0 radical (unpaired) electrons. The maximum atomic E-state index is 11.9. The fourth-order valence-electron chi connectivity index (χ4n) is 2.58. The normalized spacial score (nSPS) is 10.8. The molecule has 0 spiro atoms. The van der Waals surface area contributed by atoms with Gasteiger partial charge in [0, 0.05) is 21.3 Å². The van der Waals surface area contributed by atoms with Crippen LogP contribution in [0.3, 0.4) is 0 Å². The molecule has 3 rings (SSSR count). The van der Waals surface area contributed by atoms with Crippen molar-refractivity contribution in [3.05, 3.63) is 91.9 Å². The van der Waals surface area contributed by atoms with Crippen molar-refractivity contribution in [3.8, 4) is 5.75 Å². The third-order valence-electron chi connectivity index (χ3n) is 4.26. The Morgan fingerprint density at radius 3 is 2.58 bits per heavy atom. The van der Waals surface area contributed by atoms with Crippen molar-refractivity contribution < 1.29 is 9.53 Å². The SMILES string of the molecule is Cc1ccc(NCC(=O)N/N=C\c2ccc(OCc3ccc(Cl)cc3Cl)c(Br)c2)cc1. The summed E-state index contributed by atoms with van der Waals surface area (Å²) < 4.78 is 6.58. The van der Waals surface area contributed by atoms with Gasteiger partial charge < -0.3 is 10.1 Å². The summed E-state index contributed by atoms with van der Waals surface area (Å²) in [5, 5.41) is 8.18. The molecule has 0 saturated heterocycles. The van der Waals surface area contributed by atoms with Gasteiger partial charge in [-0.1, -0.05) is 47.0 Å². The summed E-state index contributed by atoms with van der Waals surface area (Å²) in [6, 6.07) is 18.6. The molecule has 0 aliphatic heterocycles. The van der Waals surface area contributed by atoms with Crippen LogP contribution in [0.1, 0.15) is 16.7 Å². The van der Waals surface area contributed by atoms with E-state index in [2.05, 4.69) is 31.8 Å². The monoisotopic (exact) mass is 519 g/mol. The fourth-order valence-corrected chi connectivity index (χ4v) is 3.55. The number of amides is 1. The van der Waals surface area contributed by atoms with Crippen LogP contribution >= 0.6 is 39.1 Å². The number of hydrazone groups is 1. The number of hydrogen-bond donors (Lipinski definition) is 2. The van der Waals surface area contributed by atoms with Crippen LogP contribution in [-0.4, -0.2) is 18.7 Å². The van der Waals surface area contributed by atoms with E-state index in [4.69, 9.17) is 27.9 Å². The first kappa shape index (κ1) is 23.1. The number of nitrogens with zero attached hydrogens (tertiary/aromatic N) is 1. The summed E-state index contributed by atoms with van der Waals surface area (Å²) >= 11 is 15.6. The van der Waals surface area contributed by atoms with E-state index in [0.717, 1.165) is 26.9 Å². The van der Waals surface area contributed by atoms with E-state index >= 15 is 0 Å². The molecule has 3 aromatic carbocycles. The van der Waals surface area contributed by atoms with E-state index in [-0.39, 0.29) is 12.5 Å². The molecule has 0 heterocycles. The first-order chi connectivity index (χ1) is 14.9. The minimum atomic E-state index is -0.240. The van der Waals surface area contributed by atoms with Gasteiger partial charge in [0.15, 0.2) is 0 Å². The number of ether oxygens (including phenoxy) is 1. The molecule has 8 heteroatoms. The Labute approximate surface area is 199 Å². The Kier molecular flexibility index (Phi) is 8.35. The second kappa shape index (κ2) is 11.2. The lowest BCUT2D eigenvalue weighted by Gasteiger charge is -2.10. The number of halogens is 3. The van der Waals surface area contributed by atoms with Gasteiger partial charge in [-0.3, -0.25) is 4.79 Å². The molecule has 31 heavy (non-hydrogen) atoms. The van der Waals surface area contributed by atoms with Gasteiger partial charge in [0.05, 0.1) is 17.2 Å². The quantitative estimate of drug-likeness (QED) is 0.274. The number of rotatable bonds is 8. The van der Waals surface area contributed by atoms with Gasteiger partial charge >= 0.3 is 0 Å². The van der Waals surface area contributed by atoms with Crippen LogP contribution < -0.4 is 15.5 Å². The number of benzene rings is 3. The Morgan fingerprint density at radius 1 is 1.10 bits per heavy atom. The van der Waals surface area contributed by atoms with Gasteiger partial charge in [-0.2, -0.15) is 5.10 Å². The second-order valence-corrected chi connectivity index (χ2v) is 8.42. The highest BCUT2D eigenvalue weighted by Crippen LogP contribution is 2.28. The highest BCUT2D eigenvalue weighted by atomic mass is 79.9. The molecule has 1 amide bonds. The lowest BCUT2D eigenvalue weighted by molar-refractivity contribution is -0.119. The molecule has 5 nitrogen and oxygen atoms in total. The van der Waals surface area contributed by atoms with Crippen LogP contribution in [0.25, 0.3) is 0 Å². The van der Waals surface area contributed by atoms with Gasteiger partial charge in [-0.15, -0.1) is 0 Å². The number of hydrogen-bond acceptors (Lipinski definition) is 4. The Hall–Kier alpha value is -2.54. The molecule has 0 saturated carbocycles. The summed E-state index contributed by atoms with van der Waals surface area (Å²) in [5.41, 5.74) is 6.18. The van der Waals surface area contributed by atoms with E-state index in [1.54, 1.807) is 18.3 Å². The number of aryl methyl sites for hydroxylation is 1. The molecule has 160 valence electrons. The van der Waals surface area contributed by atoms with Crippen molar-refractivity contribution in [2.45, 2.75) is 13.5 Å². The molecule has 0 unspecified atom stereocenters. The fraction of sp³-hybridized carbons (Fsp3) is 0.130. The molecule has 3 aromatic rings. The molecule has 0 bridgehead atoms. The molecule has 0 aromatic heterocycles. The van der Waals surface area contributed by atoms with Crippen molar-refractivity contribution >= 4 is 56.9 Å². The molecular formula is C23H20BrCl2N3O2. The van der Waals surface area contributed by atoms with Crippen molar-refractivity contribution in [2.24, 2.45) is 5.10 Å². The standard InChI is InChI=1S/C23H20BrCl2N3O2/c1-15-2-7-19(8-3-15)27-13-23(30)29-28-12-16-4-9-22(20(24)10-16)31-14-17-5-6-18(25)11-21(17)26/h2-12,27H,13-14H2,1H3,(H,29,30)/b28-12-. The van der Waals surface area contributed by atoms with Gasteiger partial charge in [-0.25, -0.2) is 5.43 Å². The zero-order chi connectivity index (χ0) is 22.2. The van der Waals surface area contributed by atoms with Crippen molar-refractivity contribution in [1.82, 2.24) is 5.43 Å². The number of carbonyl (C=O) groups excluding carboxylic acids is 1. The van der Waals surface area contributed by atoms with E-state index in [1.807, 2.05) is 55.5 Å². The average Bonchev–Trinajstić information content (AvgIpc) is 2.74. The number of nitrogens with one attached hydrogen (secondary N) is 2. The first-order valence-corrected chi connectivity index (χ1v) is 10.9. The maximum absolute atomic E-state index is 11.9. The van der Waals surface area contributed by atoms with E-state index < -0.39 is 0 Å². The molecular weight excluding hydrogens is 501 g/mol. The minimum Gasteiger partial charge on any atom is -0.488 e. The van der Waals surface area contributed by atoms with E-state index in [1.165, 1.54) is 0 Å². The maximum Gasteiger partial charge on any atom is 0.259 e. The van der Waals surface area contributed by atoms with Crippen LogP contribution in [0.15, 0.2) is 70.2 Å². The molecule has 0 atom stereocenters. The Bertz CT molecular complexity index is 1090. The van der Waals surface area contributed by atoms with Crippen LogP contribution in [0.2, 0.25) is 10.0 Å². The number of anilines is 1. The van der Waals surface area contributed by atoms with Gasteiger partial charge in [0.1, 0.15) is 12.4 Å². The topological polar surface area (TPSA) is 62.7 Å². The first-order valence-electron chi connectivity index (χ1n) is 9.39. The largest absolute Gasteiger partial charge is 0.488 e. The van der Waals surface area contributed by atoms with Crippen LogP contribution in [0, 0.1) is 6.92 Å². The third kappa shape index (κ3) is 7.28. The highest BCUT2D eigenvalue weighted by molar-refractivity contribution is 9.10. The number of carbonyl (C=O) groups is 1. The van der Waals surface area contributed by atoms with Gasteiger partial charge in [0.25, 0.3) is 5.91 Å². The summed E-state index contributed by atoms with van der Waals surface area (Å²) in [6.07, 6.45) is 1.56. The minimum absolute atomic E-state index is 0.129. The summed E-state index contributed by atoms with van der Waals surface area (Å²) in [5.74, 6) is 0.421. The Morgan fingerprint density at radius 2 is 1.87 bits per heavy atom. The van der Waals surface area contributed by atoms with Crippen LogP contribution in [0.4, 0.5) is 5.69 Å². The van der Waals surface area contributed by atoms with Gasteiger partial charge in [-0.05, 0) is 70.9 Å². The Balaban J connectivity index is 1.49. The van der Waals surface area contributed by atoms with E-state index in [0.29, 0.717) is 22.4 Å². The summed E-state index contributed by atoms with van der Waals surface area (Å²) in [7, 11) is 0. The second-order valence-electron chi connectivity index (χ2n) is 6.73. The molecule has 0 aliphatic rings. The van der Waals surface area contributed by atoms with E-state index in [9.17, 15) is 4.79 Å². The van der Waals surface area contributed by atoms with Crippen LogP contribution in [-0.2, 0) is 11.4 Å². The average molecular weight is 521 g/mol. The summed E-state index contributed by atoms with van der Waals surface area (Å²) in [6.45, 7) is 2.45. The lowest BCUT2D eigenvalue weighted by atomic mass is 10.2. The third-order valence-corrected chi connectivity index (χ3v) is 5.47. The van der Waals surface area contributed by atoms with Crippen LogP contribution in [0.5, 0.6) is 5.75 Å². The van der Waals surface area contributed by atoms with Crippen molar-refractivity contribution in [1.29, 1.82) is 0 Å². The molecule has 0 aliphatic carbocycles. The zero-order valence-electron chi connectivity index (χ0n) is 16.7. The summed E-state index contributed by atoms with van der Waals surface area (Å²) in [4.78, 5) is 11.9. The van der Waals surface area contributed by atoms with Crippen molar-refractivity contribution in [3.63, 3.8) is 0 Å². The predicted molar refractivity (Wildman–Crippen MR) is 130 cm³/mol. The molecule has 2 N–H and O–H groups in total. The smallest absolute Gasteiger partial charge is 0.259 e. The highest BCUT2D eigenvalue weighted by Gasteiger charge is 2.06. The molecule has 0 fully saturated rings. The zero-order valence-corrected chi connectivity index (χ0v) is 19.8. The van der Waals surface area contributed by atoms with Crippen molar-refractivity contribution in [2.75, 3.05) is 11.9 Å². The predicted octanol–water partition coefficient (Wildman–Crippen LogP) is 6.21.